The molecule has 2 fully saturated rings. The summed E-state index contributed by atoms with van der Waals surface area (Å²) in [5, 5.41) is 3.28. The summed E-state index contributed by atoms with van der Waals surface area (Å²) in [5.74, 6) is 0.573. The number of halogens is 1. The minimum Gasteiger partial charge on any atom is -0.399 e. The minimum atomic E-state index is -0.574. The highest BCUT2D eigenvalue weighted by atomic mass is 79.9. The van der Waals surface area contributed by atoms with Crippen LogP contribution < -0.4 is 15.0 Å². The lowest BCUT2D eigenvalue weighted by Gasteiger charge is -2.33. The van der Waals surface area contributed by atoms with E-state index in [1.807, 2.05) is 36.1 Å². The lowest BCUT2D eigenvalue weighted by atomic mass is 9.92. The SMILES string of the molecule is CCN(CC)CCCCC1CCCN(C(=O)c2ccc(N3CC(NC(=O)Oc4ccc(Br)s4)CC3=O)cc2C)C1. The molecule has 2 unspecified atom stereocenters. The summed E-state index contributed by atoms with van der Waals surface area (Å²) < 4.78 is 6.18. The molecular formula is C30H41BrN4O4S. The van der Waals surface area contributed by atoms with E-state index in [1.54, 1.807) is 11.0 Å². The molecule has 4 rings (SSSR count). The van der Waals surface area contributed by atoms with Crippen molar-refractivity contribution in [3.63, 3.8) is 0 Å². The highest BCUT2D eigenvalue weighted by Gasteiger charge is 2.33. The van der Waals surface area contributed by atoms with Crippen molar-refractivity contribution in [2.45, 2.75) is 65.3 Å². The standard InChI is InChI=1S/C30H41BrN4O4S/c1-4-33(5-2)15-7-6-9-22-10-8-16-34(19-22)29(37)25-12-11-24(17-21(25)3)35-20-23(18-27(35)36)32-30(38)39-28-14-13-26(31)40-28/h11-14,17,22-23H,4-10,15-16,18-20H2,1-3H3,(H,32,38). The summed E-state index contributed by atoms with van der Waals surface area (Å²) in [7, 11) is 0. The number of piperidine rings is 1. The van der Waals surface area contributed by atoms with Gasteiger partial charge in [-0.1, -0.05) is 31.6 Å². The number of unbranched alkanes of at least 4 members (excludes halogenated alkanes) is 1. The number of carbonyl (C=O) groups excluding carboxylic acids is 3. The zero-order valence-electron chi connectivity index (χ0n) is 23.8. The predicted molar refractivity (Wildman–Crippen MR) is 163 cm³/mol. The van der Waals surface area contributed by atoms with Gasteiger partial charge in [-0.3, -0.25) is 9.59 Å². The Kier molecular flexibility index (Phi) is 11.0. The van der Waals surface area contributed by atoms with Crippen molar-refractivity contribution >= 4 is 50.9 Å². The molecular weight excluding hydrogens is 592 g/mol. The molecule has 3 heterocycles. The number of likely N-dealkylation sites (tertiary alicyclic amines) is 1. The van der Waals surface area contributed by atoms with E-state index in [0.29, 0.717) is 23.1 Å². The molecule has 2 aliphatic rings. The number of benzene rings is 1. The first-order valence-electron chi connectivity index (χ1n) is 14.4. The van der Waals surface area contributed by atoms with Gasteiger partial charge in [0.2, 0.25) is 5.91 Å². The van der Waals surface area contributed by atoms with Gasteiger partial charge in [-0.05, 0) is 110 Å². The molecule has 1 aromatic heterocycles. The molecule has 218 valence electrons. The number of hydrogen-bond donors (Lipinski definition) is 1. The van der Waals surface area contributed by atoms with Crippen LogP contribution in [0.15, 0.2) is 34.1 Å². The van der Waals surface area contributed by atoms with E-state index in [2.05, 4.69) is 40.0 Å². The Balaban J connectivity index is 1.29. The van der Waals surface area contributed by atoms with Crippen LogP contribution in [0.25, 0.3) is 0 Å². The third-order valence-electron chi connectivity index (χ3n) is 7.98. The van der Waals surface area contributed by atoms with Crippen molar-refractivity contribution in [2.75, 3.05) is 44.2 Å². The number of carbonyl (C=O) groups is 3. The molecule has 2 saturated heterocycles. The molecule has 2 aliphatic heterocycles. The van der Waals surface area contributed by atoms with Crippen molar-refractivity contribution in [3.8, 4) is 5.06 Å². The first-order chi connectivity index (χ1) is 19.3. The molecule has 2 aromatic rings. The van der Waals surface area contributed by atoms with Gasteiger partial charge < -0.3 is 24.8 Å². The average Bonchev–Trinajstić information content (AvgIpc) is 3.52. The molecule has 10 heteroatoms. The monoisotopic (exact) mass is 632 g/mol. The lowest BCUT2D eigenvalue weighted by molar-refractivity contribution is -0.117. The fourth-order valence-corrected chi connectivity index (χ4v) is 6.91. The number of nitrogens with one attached hydrogen (secondary N) is 1. The topological polar surface area (TPSA) is 82.2 Å². The first kappa shape index (κ1) is 30.5. The van der Waals surface area contributed by atoms with E-state index in [1.165, 1.54) is 37.0 Å². The Morgan fingerprint density at radius 3 is 2.65 bits per heavy atom. The van der Waals surface area contributed by atoms with Crippen molar-refractivity contribution in [2.24, 2.45) is 5.92 Å². The Morgan fingerprint density at radius 2 is 1.95 bits per heavy atom. The van der Waals surface area contributed by atoms with E-state index in [4.69, 9.17) is 4.74 Å². The smallest absolute Gasteiger partial charge is 0.399 e. The fourth-order valence-electron chi connectivity index (χ4n) is 5.71. The van der Waals surface area contributed by atoms with E-state index >= 15 is 0 Å². The number of nitrogens with zero attached hydrogens (tertiary/aromatic N) is 3. The molecule has 2 atom stereocenters. The van der Waals surface area contributed by atoms with Gasteiger partial charge in [-0.25, -0.2) is 4.79 Å². The maximum atomic E-state index is 13.5. The Morgan fingerprint density at radius 1 is 1.15 bits per heavy atom. The van der Waals surface area contributed by atoms with E-state index < -0.39 is 6.09 Å². The van der Waals surface area contributed by atoms with E-state index in [9.17, 15) is 14.4 Å². The normalized spacial score (nSPS) is 19.4. The summed E-state index contributed by atoms with van der Waals surface area (Å²) >= 11 is 4.66. The Labute approximate surface area is 250 Å². The third-order valence-corrected chi connectivity index (χ3v) is 9.48. The largest absolute Gasteiger partial charge is 0.413 e. The van der Waals surface area contributed by atoms with Gasteiger partial charge in [-0.2, -0.15) is 0 Å². The second-order valence-corrected chi connectivity index (χ2v) is 13.2. The minimum absolute atomic E-state index is 0.0671. The Hall–Kier alpha value is -2.43. The van der Waals surface area contributed by atoms with E-state index in [-0.39, 0.29) is 24.3 Å². The number of amides is 3. The number of thiophene rings is 1. The quantitative estimate of drug-likeness (QED) is 0.304. The maximum Gasteiger partial charge on any atom is 0.413 e. The van der Waals surface area contributed by atoms with E-state index in [0.717, 1.165) is 54.2 Å². The zero-order valence-corrected chi connectivity index (χ0v) is 26.2. The Bertz CT molecular complexity index is 1180. The highest BCUT2D eigenvalue weighted by Crippen LogP contribution is 2.30. The molecule has 40 heavy (non-hydrogen) atoms. The summed E-state index contributed by atoms with van der Waals surface area (Å²) in [6.07, 6.45) is 5.46. The molecule has 0 radical (unpaired) electrons. The van der Waals surface area contributed by atoms with Crippen molar-refractivity contribution in [1.29, 1.82) is 0 Å². The zero-order chi connectivity index (χ0) is 28.6. The summed E-state index contributed by atoms with van der Waals surface area (Å²) in [6, 6.07) is 8.77. The van der Waals surface area contributed by atoms with Gasteiger partial charge >= 0.3 is 6.09 Å². The number of hydrogen-bond acceptors (Lipinski definition) is 6. The first-order valence-corrected chi connectivity index (χ1v) is 16.0. The second-order valence-electron chi connectivity index (χ2n) is 10.8. The van der Waals surface area contributed by atoms with Gasteiger partial charge in [0, 0.05) is 37.3 Å². The molecule has 0 saturated carbocycles. The van der Waals surface area contributed by atoms with Crippen LogP contribution in [-0.4, -0.2) is 73.0 Å². The molecule has 0 bridgehead atoms. The summed E-state index contributed by atoms with van der Waals surface area (Å²) in [5.41, 5.74) is 2.29. The van der Waals surface area contributed by atoms with Gasteiger partial charge in [0.25, 0.3) is 5.91 Å². The number of aryl methyl sites for hydroxylation is 1. The van der Waals surface area contributed by atoms with Crippen molar-refractivity contribution < 1.29 is 19.1 Å². The van der Waals surface area contributed by atoms with Crippen LogP contribution in [-0.2, 0) is 4.79 Å². The van der Waals surface area contributed by atoms with Gasteiger partial charge in [0.05, 0.1) is 9.83 Å². The number of ether oxygens (including phenoxy) is 1. The number of rotatable bonds is 11. The maximum absolute atomic E-state index is 13.5. The van der Waals surface area contributed by atoms with Gasteiger partial charge in [0.1, 0.15) is 0 Å². The van der Waals surface area contributed by atoms with Crippen LogP contribution >= 0.6 is 27.3 Å². The van der Waals surface area contributed by atoms with Gasteiger partial charge in [-0.15, -0.1) is 0 Å². The fraction of sp³-hybridized carbons (Fsp3) is 0.567. The molecule has 0 aliphatic carbocycles. The van der Waals surface area contributed by atoms with Crippen LogP contribution in [0.4, 0.5) is 10.5 Å². The third kappa shape index (κ3) is 8.07. The molecule has 3 amide bonds. The van der Waals surface area contributed by atoms with Crippen LogP contribution in [0.5, 0.6) is 5.06 Å². The van der Waals surface area contributed by atoms with Crippen molar-refractivity contribution in [3.05, 3.63) is 45.2 Å². The molecule has 1 N–H and O–H groups in total. The van der Waals surface area contributed by atoms with Crippen LogP contribution in [0, 0.1) is 12.8 Å². The molecule has 8 nitrogen and oxygen atoms in total. The van der Waals surface area contributed by atoms with Crippen LogP contribution in [0.1, 0.15) is 68.3 Å². The van der Waals surface area contributed by atoms with Crippen LogP contribution in [0.3, 0.4) is 0 Å². The highest BCUT2D eigenvalue weighted by molar-refractivity contribution is 9.11. The molecule has 0 spiro atoms. The van der Waals surface area contributed by atoms with Gasteiger partial charge in [0.15, 0.2) is 5.06 Å². The second kappa shape index (κ2) is 14.5. The summed E-state index contributed by atoms with van der Waals surface area (Å²) in [4.78, 5) is 44.7. The number of anilines is 1. The van der Waals surface area contributed by atoms with Crippen LogP contribution in [0.2, 0.25) is 0 Å². The molecule has 1 aromatic carbocycles. The lowest BCUT2D eigenvalue weighted by Crippen LogP contribution is -2.40. The predicted octanol–water partition coefficient (Wildman–Crippen LogP) is 6.08. The van der Waals surface area contributed by atoms with Crippen molar-refractivity contribution in [1.82, 2.24) is 15.1 Å². The summed E-state index contributed by atoms with van der Waals surface area (Å²) in [6.45, 7) is 11.7. The average molecular weight is 634 g/mol.